The zero-order valence-electron chi connectivity index (χ0n) is 17.0. The van der Waals surface area contributed by atoms with Crippen molar-refractivity contribution in [2.45, 2.75) is 31.7 Å². The maximum atomic E-state index is 11.6. The third kappa shape index (κ3) is 3.85. The molecule has 4 heterocycles. The molecule has 1 saturated carbocycles. The van der Waals surface area contributed by atoms with Gasteiger partial charge < -0.3 is 10.0 Å². The van der Waals surface area contributed by atoms with E-state index in [1.54, 1.807) is 4.90 Å². The van der Waals surface area contributed by atoms with Gasteiger partial charge in [-0.25, -0.2) is 0 Å². The number of thiophene rings is 1. The lowest BCUT2D eigenvalue weighted by Crippen LogP contribution is -2.49. The lowest BCUT2D eigenvalue weighted by molar-refractivity contribution is -0.135. The van der Waals surface area contributed by atoms with Gasteiger partial charge in [0.25, 0.3) is 0 Å². The van der Waals surface area contributed by atoms with Gasteiger partial charge in [0.1, 0.15) is 6.61 Å². The standard InChI is InChI=1S/C23H26N4O2S/c28-15-22(29)27-10-8-26(9-11-27)14-16-4-5-19(25-13-16)21-12-20-23(30-21)18(6-7-24-20)17-2-1-3-17/h4-7,12-13,17,28H,1-3,8-11,14-15H2. The van der Waals surface area contributed by atoms with E-state index in [1.807, 2.05) is 23.7 Å². The van der Waals surface area contributed by atoms with Gasteiger partial charge in [-0.3, -0.25) is 19.7 Å². The lowest BCUT2D eigenvalue weighted by Gasteiger charge is -2.34. The maximum Gasteiger partial charge on any atom is 0.248 e. The highest BCUT2D eigenvalue weighted by Gasteiger charge is 2.23. The van der Waals surface area contributed by atoms with Crippen molar-refractivity contribution in [1.82, 2.24) is 19.8 Å². The summed E-state index contributed by atoms with van der Waals surface area (Å²) in [6.45, 7) is 3.40. The summed E-state index contributed by atoms with van der Waals surface area (Å²) in [4.78, 5) is 26.1. The van der Waals surface area contributed by atoms with E-state index in [4.69, 9.17) is 10.1 Å². The van der Waals surface area contributed by atoms with E-state index in [-0.39, 0.29) is 5.91 Å². The second-order valence-electron chi connectivity index (χ2n) is 8.22. The number of amides is 1. The first-order valence-electron chi connectivity index (χ1n) is 10.7. The maximum absolute atomic E-state index is 11.6. The van der Waals surface area contributed by atoms with Crippen molar-refractivity contribution in [2.75, 3.05) is 32.8 Å². The minimum atomic E-state index is -0.402. The fourth-order valence-electron chi connectivity index (χ4n) is 4.30. The number of pyridine rings is 2. The van der Waals surface area contributed by atoms with Crippen LogP contribution < -0.4 is 0 Å². The van der Waals surface area contributed by atoms with Crippen molar-refractivity contribution in [2.24, 2.45) is 0 Å². The average molecular weight is 423 g/mol. The van der Waals surface area contributed by atoms with Crippen LogP contribution in [0.2, 0.25) is 0 Å². The van der Waals surface area contributed by atoms with Crippen LogP contribution in [0.1, 0.15) is 36.3 Å². The van der Waals surface area contributed by atoms with Crippen molar-refractivity contribution in [3.05, 3.63) is 47.8 Å². The number of fused-ring (bicyclic) bond motifs is 1. The molecule has 0 spiro atoms. The largest absolute Gasteiger partial charge is 0.387 e. The van der Waals surface area contributed by atoms with Gasteiger partial charge in [-0.2, -0.15) is 0 Å². The molecule has 156 valence electrons. The van der Waals surface area contributed by atoms with E-state index in [0.29, 0.717) is 19.0 Å². The van der Waals surface area contributed by atoms with E-state index in [2.05, 4.69) is 34.1 Å². The fourth-order valence-corrected chi connectivity index (χ4v) is 5.49. The molecule has 0 aromatic carbocycles. The van der Waals surface area contributed by atoms with Gasteiger partial charge in [0.05, 0.1) is 20.8 Å². The first kappa shape index (κ1) is 19.6. The van der Waals surface area contributed by atoms with Crippen LogP contribution in [0.15, 0.2) is 36.7 Å². The molecule has 5 rings (SSSR count). The van der Waals surface area contributed by atoms with Crippen LogP contribution in [-0.2, 0) is 11.3 Å². The number of piperazine rings is 1. The molecule has 2 aliphatic rings. The molecular weight excluding hydrogens is 396 g/mol. The van der Waals surface area contributed by atoms with E-state index in [9.17, 15) is 4.79 Å². The van der Waals surface area contributed by atoms with E-state index in [0.717, 1.165) is 30.8 Å². The van der Waals surface area contributed by atoms with Gasteiger partial charge in [0.15, 0.2) is 0 Å². The Labute approximate surface area is 180 Å². The Kier molecular flexibility index (Phi) is 5.50. The van der Waals surface area contributed by atoms with Crippen molar-refractivity contribution in [3.8, 4) is 10.6 Å². The highest BCUT2D eigenvalue weighted by Crippen LogP contribution is 2.43. The van der Waals surface area contributed by atoms with Crippen LogP contribution in [-0.4, -0.2) is 63.6 Å². The molecule has 0 radical (unpaired) electrons. The van der Waals surface area contributed by atoms with Crippen molar-refractivity contribution >= 4 is 27.5 Å². The van der Waals surface area contributed by atoms with Gasteiger partial charge in [0, 0.05) is 45.1 Å². The summed E-state index contributed by atoms with van der Waals surface area (Å²) in [5, 5.41) is 9.00. The molecular formula is C23H26N4O2S. The topological polar surface area (TPSA) is 69.6 Å². The summed E-state index contributed by atoms with van der Waals surface area (Å²) in [6.07, 6.45) is 7.83. The molecule has 2 fully saturated rings. The number of nitrogens with zero attached hydrogens (tertiary/aromatic N) is 4. The SMILES string of the molecule is O=C(CO)N1CCN(Cc2ccc(-c3cc4nccc(C5CCC5)c4s3)nc2)CC1. The molecule has 1 aliphatic carbocycles. The van der Waals surface area contributed by atoms with E-state index < -0.39 is 6.61 Å². The van der Waals surface area contributed by atoms with E-state index in [1.165, 1.54) is 40.0 Å². The monoisotopic (exact) mass is 422 g/mol. The van der Waals surface area contributed by atoms with Crippen molar-refractivity contribution < 1.29 is 9.90 Å². The zero-order valence-corrected chi connectivity index (χ0v) is 17.8. The minimum Gasteiger partial charge on any atom is -0.387 e. The van der Waals surface area contributed by atoms with Crippen LogP contribution in [0, 0.1) is 0 Å². The van der Waals surface area contributed by atoms with Crippen LogP contribution in [0.25, 0.3) is 20.8 Å². The van der Waals surface area contributed by atoms with E-state index >= 15 is 0 Å². The molecule has 30 heavy (non-hydrogen) atoms. The van der Waals surface area contributed by atoms with Gasteiger partial charge in [0.2, 0.25) is 5.91 Å². The summed E-state index contributed by atoms with van der Waals surface area (Å²) in [5.74, 6) is 0.518. The predicted octanol–water partition coefficient (Wildman–Crippen LogP) is 3.26. The van der Waals surface area contributed by atoms with Crippen LogP contribution in [0.5, 0.6) is 0 Å². The zero-order chi connectivity index (χ0) is 20.5. The van der Waals surface area contributed by atoms with Crippen LogP contribution in [0.3, 0.4) is 0 Å². The van der Waals surface area contributed by atoms with Crippen LogP contribution >= 0.6 is 11.3 Å². The number of hydrogen-bond acceptors (Lipinski definition) is 6. The number of carbonyl (C=O) groups is 1. The second kappa shape index (κ2) is 8.41. The molecule has 7 heteroatoms. The Morgan fingerprint density at radius 2 is 1.97 bits per heavy atom. The molecule has 0 bridgehead atoms. The lowest BCUT2D eigenvalue weighted by atomic mass is 9.80. The predicted molar refractivity (Wildman–Crippen MR) is 118 cm³/mol. The van der Waals surface area contributed by atoms with Crippen molar-refractivity contribution in [3.63, 3.8) is 0 Å². The summed E-state index contributed by atoms with van der Waals surface area (Å²) in [7, 11) is 0. The number of rotatable bonds is 5. The second-order valence-corrected chi connectivity index (χ2v) is 9.27. The van der Waals surface area contributed by atoms with Gasteiger partial charge in [-0.15, -0.1) is 11.3 Å². The summed E-state index contributed by atoms with van der Waals surface area (Å²) in [5.41, 5.74) is 4.72. The fraction of sp³-hybridized carbons (Fsp3) is 0.435. The average Bonchev–Trinajstić information content (AvgIpc) is 3.18. The number of aliphatic hydroxyl groups is 1. The smallest absolute Gasteiger partial charge is 0.248 e. The highest BCUT2D eigenvalue weighted by atomic mass is 32.1. The number of carbonyl (C=O) groups excluding carboxylic acids is 1. The Balaban J connectivity index is 1.27. The normalized spacial score (nSPS) is 18.0. The summed E-state index contributed by atoms with van der Waals surface area (Å²) >= 11 is 1.81. The Morgan fingerprint density at radius 1 is 1.13 bits per heavy atom. The minimum absolute atomic E-state index is 0.182. The summed E-state index contributed by atoms with van der Waals surface area (Å²) in [6, 6.07) is 8.62. The molecule has 3 aromatic rings. The first-order chi connectivity index (χ1) is 14.7. The third-order valence-electron chi connectivity index (χ3n) is 6.33. The number of aromatic nitrogens is 2. The molecule has 1 N–H and O–H groups in total. The Hall–Kier alpha value is -2.35. The molecule has 3 aromatic heterocycles. The van der Waals surface area contributed by atoms with Gasteiger partial charge in [-0.1, -0.05) is 12.5 Å². The number of aliphatic hydroxyl groups excluding tert-OH is 1. The molecule has 1 amide bonds. The Bertz CT molecular complexity index is 1040. The molecule has 0 atom stereocenters. The first-order valence-corrected chi connectivity index (χ1v) is 11.5. The van der Waals surface area contributed by atoms with Gasteiger partial charge in [-0.05, 0) is 48.1 Å². The highest BCUT2D eigenvalue weighted by molar-refractivity contribution is 7.22. The molecule has 1 saturated heterocycles. The number of hydrogen-bond donors (Lipinski definition) is 1. The van der Waals surface area contributed by atoms with Gasteiger partial charge >= 0.3 is 0 Å². The third-order valence-corrected chi connectivity index (χ3v) is 7.53. The quantitative estimate of drug-likeness (QED) is 0.683. The molecule has 0 unspecified atom stereocenters. The van der Waals surface area contributed by atoms with Crippen molar-refractivity contribution in [1.29, 1.82) is 0 Å². The molecule has 1 aliphatic heterocycles. The summed E-state index contributed by atoms with van der Waals surface area (Å²) < 4.78 is 1.32. The van der Waals surface area contributed by atoms with Crippen LogP contribution in [0.4, 0.5) is 0 Å². The Morgan fingerprint density at radius 3 is 2.63 bits per heavy atom. The molecule has 6 nitrogen and oxygen atoms in total.